The fraction of sp³-hybridized carbons (Fsp3) is 0.188. The SMILES string of the molecule is O=C(OCCCn1c(=O)[nH]c2ccccc2c1=O)c1ccoc1. The molecule has 7 nitrogen and oxygen atoms in total. The number of para-hydroxylation sites is 1. The Balaban J connectivity index is 1.67. The summed E-state index contributed by atoms with van der Waals surface area (Å²) in [6.45, 7) is 0.264. The molecular weight excluding hydrogens is 300 g/mol. The van der Waals surface area contributed by atoms with Crippen molar-refractivity contribution in [2.24, 2.45) is 0 Å². The Labute approximate surface area is 130 Å². The summed E-state index contributed by atoms with van der Waals surface area (Å²) in [5.41, 5.74) is -0.00349. The molecule has 0 aliphatic carbocycles. The number of hydrogen-bond donors (Lipinski definition) is 1. The fourth-order valence-electron chi connectivity index (χ4n) is 2.25. The highest BCUT2D eigenvalue weighted by Crippen LogP contribution is 2.04. The highest BCUT2D eigenvalue weighted by Gasteiger charge is 2.09. The van der Waals surface area contributed by atoms with Crippen LogP contribution in [0.15, 0.2) is 56.9 Å². The number of aromatic amines is 1. The minimum absolute atomic E-state index is 0.0999. The third-order valence-electron chi connectivity index (χ3n) is 3.41. The number of nitrogens with one attached hydrogen (secondary N) is 1. The maximum Gasteiger partial charge on any atom is 0.341 e. The number of hydrogen-bond acceptors (Lipinski definition) is 5. The van der Waals surface area contributed by atoms with Gasteiger partial charge < -0.3 is 14.1 Å². The van der Waals surface area contributed by atoms with Crippen LogP contribution in [-0.2, 0) is 11.3 Å². The van der Waals surface area contributed by atoms with Gasteiger partial charge >= 0.3 is 11.7 Å². The maximum atomic E-state index is 12.3. The summed E-state index contributed by atoms with van der Waals surface area (Å²) in [6, 6.07) is 8.32. The molecule has 0 saturated heterocycles. The maximum absolute atomic E-state index is 12.3. The molecule has 0 saturated carbocycles. The topological polar surface area (TPSA) is 94.3 Å². The Morgan fingerprint density at radius 2 is 2.04 bits per heavy atom. The van der Waals surface area contributed by atoms with Gasteiger partial charge in [-0.1, -0.05) is 12.1 Å². The van der Waals surface area contributed by atoms with Gasteiger partial charge in [0.2, 0.25) is 0 Å². The van der Waals surface area contributed by atoms with Crippen molar-refractivity contribution in [3.63, 3.8) is 0 Å². The third-order valence-corrected chi connectivity index (χ3v) is 3.41. The predicted molar refractivity (Wildman–Crippen MR) is 82.4 cm³/mol. The number of aromatic nitrogens is 2. The van der Waals surface area contributed by atoms with E-state index in [0.717, 1.165) is 4.57 Å². The summed E-state index contributed by atoms with van der Waals surface area (Å²) in [5, 5.41) is 0.447. The highest BCUT2D eigenvalue weighted by atomic mass is 16.5. The molecular formula is C16H14N2O5. The van der Waals surface area contributed by atoms with Crippen LogP contribution in [0.4, 0.5) is 0 Å². The quantitative estimate of drug-likeness (QED) is 0.569. The average Bonchev–Trinajstić information content (AvgIpc) is 3.08. The predicted octanol–water partition coefficient (Wildman–Crippen LogP) is 1.53. The van der Waals surface area contributed by atoms with Crippen molar-refractivity contribution in [3.05, 3.63) is 69.3 Å². The molecule has 0 unspecified atom stereocenters. The van der Waals surface area contributed by atoms with E-state index in [1.165, 1.54) is 18.6 Å². The second-order valence-corrected chi connectivity index (χ2v) is 4.93. The lowest BCUT2D eigenvalue weighted by Gasteiger charge is -2.07. The summed E-state index contributed by atoms with van der Waals surface area (Å²) in [6.07, 6.45) is 3.02. The van der Waals surface area contributed by atoms with Crippen LogP contribution >= 0.6 is 0 Å². The summed E-state index contributed by atoms with van der Waals surface area (Å²) >= 11 is 0. The molecule has 0 amide bonds. The van der Waals surface area contributed by atoms with E-state index in [-0.39, 0.29) is 18.7 Å². The van der Waals surface area contributed by atoms with E-state index >= 15 is 0 Å². The Bertz CT molecular complexity index is 937. The zero-order valence-corrected chi connectivity index (χ0v) is 12.2. The average molecular weight is 314 g/mol. The van der Waals surface area contributed by atoms with Crippen molar-refractivity contribution < 1.29 is 13.9 Å². The fourth-order valence-corrected chi connectivity index (χ4v) is 2.25. The van der Waals surface area contributed by atoms with Crippen molar-refractivity contribution in [2.75, 3.05) is 6.61 Å². The molecule has 0 aliphatic rings. The Kier molecular flexibility index (Phi) is 4.09. The molecule has 1 N–H and O–H groups in total. The van der Waals surface area contributed by atoms with Crippen molar-refractivity contribution in [1.29, 1.82) is 0 Å². The van der Waals surface area contributed by atoms with Crippen LogP contribution in [0, 0.1) is 0 Å². The number of nitrogens with zero attached hydrogens (tertiary/aromatic N) is 1. The normalized spacial score (nSPS) is 10.8. The molecule has 0 radical (unpaired) electrons. The van der Waals surface area contributed by atoms with Crippen molar-refractivity contribution in [3.8, 4) is 0 Å². The molecule has 0 atom stereocenters. The van der Waals surface area contributed by atoms with Crippen LogP contribution in [0.3, 0.4) is 0 Å². The number of benzene rings is 1. The van der Waals surface area contributed by atoms with E-state index in [1.807, 2.05) is 0 Å². The molecule has 2 heterocycles. The molecule has 2 aromatic heterocycles. The lowest BCUT2D eigenvalue weighted by Crippen LogP contribution is -2.35. The molecule has 7 heteroatoms. The lowest BCUT2D eigenvalue weighted by atomic mass is 10.2. The number of fused-ring (bicyclic) bond motifs is 1. The summed E-state index contributed by atoms with van der Waals surface area (Å²) < 4.78 is 10.9. The first kappa shape index (κ1) is 14.8. The monoisotopic (exact) mass is 314 g/mol. The number of ether oxygens (including phenoxy) is 1. The summed E-state index contributed by atoms with van der Waals surface area (Å²) in [4.78, 5) is 38.5. The van der Waals surface area contributed by atoms with Crippen LogP contribution in [0.5, 0.6) is 0 Å². The second kappa shape index (κ2) is 6.35. The third kappa shape index (κ3) is 3.08. The molecule has 118 valence electrons. The molecule has 3 aromatic rings. The number of esters is 1. The van der Waals surface area contributed by atoms with Gasteiger partial charge in [-0.2, -0.15) is 0 Å². The van der Waals surface area contributed by atoms with Crippen LogP contribution in [0.25, 0.3) is 10.9 Å². The van der Waals surface area contributed by atoms with E-state index in [4.69, 9.17) is 9.15 Å². The first-order chi connectivity index (χ1) is 11.2. The Morgan fingerprint density at radius 1 is 1.22 bits per heavy atom. The van der Waals surface area contributed by atoms with Gasteiger partial charge in [0.25, 0.3) is 5.56 Å². The van der Waals surface area contributed by atoms with E-state index in [2.05, 4.69) is 4.98 Å². The van der Waals surface area contributed by atoms with Gasteiger partial charge in [-0.15, -0.1) is 0 Å². The van der Waals surface area contributed by atoms with E-state index in [0.29, 0.717) is 22.9 Å². The van der Waals surface area contributed by atoms with Gasteiger partial charge in [0.05, 0.1) is 29.3 Å². The minimum Gasteiger partial charge on any atom is -0.472 e. The molecule has 0 fully saturated rings. The van der Waals surface area contributed by atoms with Crippen molar-refractivity contribution in [1.82, 2.24) is 9.55 Å². The molecule has 0 spiro atoms. The van der Waals surface area contributed by atoms with Gasteiger partial charge in [-0.25, -0.2) is 9.59 Å². The van der Waals surface area contributed by atoms with Gasteiger partial charge in [0, 0.05) is 6.54 Å². The molecule has 3 rings (SSSR count). The number of carbonyl (C=O) groups is 1. The summed E-state index contributed by atoms with van der Waals surface area (Å²) in [7, 11) is 0. The smallest absolute Gasteiger partial charge is 0.341 e. The van der Waals surface area contributed by atoms with Crippen molar-refractivity contribution in [2.45, 2.75) is 13.0 Å². The van der Waals surface area contributed by atoms with E-state index in [9.17, 15) is 14.4 Å². The van der Waals surface area contributed by atoms with Gasteiger partial charge in [0.1, 0.15) is 6.26 Å². The number of furan rings is 1. The van der Waals surface area contributed by atoms with Crippen LogP contribution < -0.4 is 11.2 Å². The Morgan fingerprint density at radius 3 is 2.83 bits per heavy atom. The van der Waals surface area contributed by atoms with Crippen LogP contribution in [0.2, 0.25) is 0 Å². The Hall–Kier alpha value is -3.09. The zero-order valence-electron chi connectivity index (χ0n) is 12.2. The van der Waals surface area contributed by atoms with Crippen LogP contribution in [0.1, 0.15) is 16.8 Å². The number of rotatable bonds is 5. The molecule has 0 bridgehead atoms. The van der Waals surface area contributed by atoms with Gasteiger partial charge in [0.15, 0.2) is 0 Å². The second-order valence-electron chi connectivity index (χ2n) is 4.93. The molecule has 1 aromatic carbocycles. The number of H-pyrrole nitrogens is 1. The first-order valence-corrected chi connectivity index (χ1v) is 7.08. The minimum atomic E-state index is -0.501. The highest BCUT2D eigenvalue weighted by molar-refractivity contribution is 5.88. The largest absolute Gasteiger partial charge is 0.472 e. The number of carbonyl (C=O) groups excluding carboxylic acids is 1. The standard InChI is InChI=1S/C16H14N2O5/c19-14-12-4-1-2-5-13(12)17-16(21)18(14)7-3-8-23-15(20)11-6-9-22-10-11/h1-2,4-6,9-10H,3,7-8H2,(H,17,21). The van der Waals surface area contributed by atoms with Gasteiger partial charge in [-0.05, 0) is 24.6 Å². The van der Waals surface area contributed by atoms with E-state index < -0.39 is 11.7 Å². The zero-order chi connectivity index (χ0) is 16.2. The van der Waals surface area contributed by atoms with Crippen LogP contribution in [-0.4, -0.2) is 22.1 Å². The lowest BCUT2D eigenvalue weighted by molar-refractivity contribution is 0.0494. The summed E-state index contributed by atoms with van der Waals surface area (Å²) in [5.74, 6) is -0.501. The van der Waals surface area contributed by atoms with Crippen molar-refractivity contribution >= 4 is 16.9 Å². The van der Waals surface area contributed by atoms with E-state index in [1.54, 1.807) is 24.3 Å². The molecule has 23 heavy (non-hydrogen) atoms. The molecule has 0 aliphatic heterocycles. The first-order valence-electron chi connectivity index (χ1n) is 7.08. The van der Waals surface area contributed by atoms with Gasteiger partial charge in [-0.3, -0.25) is 9.36 Å².